The van der Waals surface area contributed by atoms with Crippen LogP contribution in [0.3, 0.4) is 0 Å². The predicted molar refractivity (Wildman–Crippen MR) is 79.1 cm³/mol. The van der Waals surface area contributed by atoms with Crippen molar-refractivity contribution in [3.05, 3.63) is 28.0 Å². The van der Waals surface area contributed by atoms with Crippen LogP contribution in [-0.4, -0.2) is 40.8 Å². The van der Waals surface area contributed by atoms with Gasteiger partial charge in [0.15, 0.2) is 0 Å². The molecule has 1 N–H and O–H groups in total. The number of hydrogen-bond donors (Lipinski definition) is 1. The number of carbonyl (C=O) groups excluding carboxylic acids is 2. The van der Waals surface area contributed by atoms with Crippen molar-refractivity contribution in [3.8, 4) is 0 Å². The summed E-state index contributed by atoms with van der Waals surface area (Å²) in [7, 11) is 0. The van der Waals surface area contributed by atoms with Gasteiger partial charge < -0.3 is 10.2 Å². The first-order chi connectivity index (χ1) is 9.40. The van der Waals surface area contributed by atoms with Gasteiger partial charge in [0, 0.05) is 13.1 Å². The molecule has 0 aliphatic carbocycles. The molecule has 1 unspecified atom stereocenters. The molecule has 7 heteroatoms. The maximum atomic E-state index is 12.1. The van der Waals surface area contributed by atoms with Crippen molar-refractivity contribution in [1.29, 1.82) is 0 Å². The summed E-state index contributed by atoms with van der Waals surface area (Å²) < 4.78 is 0. The topological polar surface area (TPSA) is 62.3 Å². The molecule has 1 atom stereocenters. The van der Waals surface area contributed by atoms with E-state index in [4.69, 9.17) is 23.2 Å². The number of hydrogen-bond acceptors (Lipinski definition) is 3. The van der Waals surface area contributed by atoms with Gasteiger partial charge in [-0.2, -0.15) is 0 Å². The van der Waals surface area contributed by atoms with E-state index in [1.54, 1.807) is 11.8 Å². The van der Waals surface area contributed by atoms with Gasteiger partial charge in [-0.25, -0.2) is 4.98 Å². The molecule has 20 heavy (non-hydrogen) atoms. The lowest BCUT2D eigenvalue weighted by molar-refractivity contribution is -0.132. The molecule has 0 aromatic carbocycles. The van der Waals surface area contributed by atoms with Crippen molar-refractivity contribution >= 4 is 35.0 Å². The number of rotatable bonds is 5. The number of halogens is 2. The summed E-state index contributed by atoms with van der Waals surface area (Å²) in [5.74, 6) is -0.674. The third kappa shape index (κ3) is 4.08. The van der Waals surface area contributed by atoms with Crippen LogP contribution in [0.1, 0.15) is 31.3 Å². The van der Waals surface area contributed by atoms with Crippen LogP contribution >= 0.6 is 23.2 Å². The van der Waals surface area contributed by atoms with Crippen LogP contribution in [0.25, 0.3) is 0 Å². The Morgan fingerprint density at radius 2 is 1.90 bits per heavy atom. The summed E-state index contributed by atoms with van der Waals surface area (Å²) in [6, 6.07) is 2.33. The molecular weight excluding hydrogens is 301 g/mol. The first-order valence-corrected chi connectivity index (χ1v) is 7.08. The van der Waals surface area contributed by atoms with Gasteiger partial charge in [0.2, 0.25) is 5.91 Å². The minimum absolute atomic E-state index is 0.0124. The minimum Gasteiger partial charge on any atom is -0.341 e. The quantitative estimate of drug-likeness (QED) is 0.848. The average molecular weight is 318 g/mol. The van der Waals surface area contributed by atoms with Crippen molar-refractivity contribution < 1.29 is 9.59 Å². The highest BCUT2D eigenvalue weighted by atomic mass is 35.5. The molecule has 0 bridgehead atoms. The highest BCUT2D eigenvalue weighted by molar-refractivity contribution is 6.34. The van der Waals surface area contributed by atoms with E-state index in [0.29, 0.717) is 13.1 Å². The van der Waals surface area contributed by atoms with E-state index < -0.39 is 11.9 Å². The third-order valence-corrected chi connectivity index (χ3v) is 3.34. The van der Waals surface area contributed by atoms with Crippen LogP contribution in [0, 0.1) is 0 Å². The highest BCUT2D eigenvalue weighted by Crippen LogP contribution is 2.16. The van der Waals surface area contributed by atoms with Crippen LogP contribution in [0.15, 0.2) is 12.1 Å². The predicted octanol–water partition coefficient (Wildman–Crippen LogP) is 2.38. The maximum absolute atomic E-state index is 12.1. The number of pyridine rings is 1. The summed E-state index contributed by atoms with van der Waals surface area (Å²) in [4.78, 5) is 29.6. The van der Waals surface area contributed by atoms with Crippen molar-refractivity contribution in [3.63, 3.8) is 0 Å². The smallest absolute Gasteiger partial charge is 0.272 e. The van der Waals surface area contributed by atoms with E-state index in [-0.39, 0.29) is 21.8 Å². The molecule has 0 aliphatic rings. The summed E-state index contributed by atoms with van der Waals surface area (Å²) >= 11 is 11.6. The fourth-order valence-corrected chi connectivity index (χ4v) is 2.05. The molecule has 1 rings (SSSR count). The van der Waals surface area contributed by atoms with Crippen LogP contribution in [0.4, 0.5) is 0 Å². The maximum Gasteiger partial charge on any atom is 0.272 e. The van der Waals surface area contributed by atoms with E-state index in [2.05, 4.69) is 10.3 Å². The monoisotopic (exact) mass is 317 g/mol. The fraction of sp³-hybridized carbons (Fsp3) is 0.462. The Morgan fingerprint density at radius 3 is 2.45 bits per heavy atom. The summed E-state index contributed by atoms with van der Waals surface area (Å²) in [5, 5.41) is 2.94. The molecule has 0 fully saturated rings. The standard InChI is InChI=1S/C13H17Cl2N3O2/c1-4-18(5-2)13(20)8(3)16-12(19)11-9(14)6-7-10(15)17-11/h6-8H,4-5H2,1-3H3,(H,16,19). The number of amides is 2. The first-order valence-electron chi connectivity index (χ1n) is 6.32. The largest absolute Gasteiger partial charge is 0.341 e. The summed E-state index contributed by atoms with van der Waals surface area (Å²) in [5.41, 5.74) is 0.0124. The van der Waals surface area contributed by atoms with E-state index in [9.17, 15) is 9.59 Å². The normalized spacial score (nSPS) is 11.8. The van der Waals surface area contributed by atoms with Gasteiger partial charge in [-0.1, -0.05) is 23.2 Å². The number of nitrogens with zero attached hydrogens (tertiary/aromatic N) is 2. The van der Waals surface area contributed by atoms with E-state index in [1.807, 2.05) is 13.8 Å². The lowest BCUT2D eigenvalue weighted by Crippen LogP contribution is -2.47. The second-order valence-electron chi connectivity index (χ2n) is 4.17. The SMILES string of the molecule is CCN(CC)C(=O)C(C)NC(=O)c1nc(Cl)ccc1Cl. The molecule has 0 spiro atoms. The Balaban J connectivity index is 2.80. The molecule has 0 radical (unpaired) electrons. The highest BCUT2D eigenvalue weighted by Gasteiger charge is 2.22. The van der Waals surface area contributed by atoms with Crippen LogP contribution in [0.5, 0.6) is 0 Å². The summed E-state index contributed by atoms with van der Waals surface area (Å²) in [6.45, 7) is 6.56. The Bertz CT molecular complexity index is 504. The number of aromatic nitrogens is 1. The van der Waals surface area contributed by atoms with Crippen LogP contribution < -0.4 is 5.32 Å². The van der Waals surface area contributed by atoms with Crippen molar-refractivity contribution in [2.75, 3.05) is 13.1 Å². The molecule has 1 aromatic rings. The lowest BCUT2D eigenvalue weighted by atomic mass is 10.2. The van der Waals surface area contributed by atoms with Gasteiger partial charge in [0.05, 0.1) is 5.02 Å². The van der Waals surface area contributed by atoms with Crippen molar-refractivity contribution in [1.82, 2.24) is 15.2 Å². The fourth-order valence-electron chi connectivity index (χ4n) is 1.71. The molecule has 1 aromatic heterocycles. The van der Waals surface area contributed by atoms with Crippen LogP contribution in [-0.2, 0) is 4.79 Å². The Kier molecular flexibility index (Phi) is 6.23. The number of likely N-dealkylation sites (N-methyl/N-ethyl adjacent to an activating group) is 1. The van der Waals surface area contributed by atoms with Gasteiger partial charge >= 0.3 is 0 Å². The van der Waals surface area contributed by atoms with E-state index in [1.165, 1.54) is 12.1 Å². The second-order valence-corrected chi connectivity index (χ2v) is 4.96. The Morgan fingerprint density at radius 1 is 1.30 bits per heavy atom. The average Bonchev–Trinajstić information content (AvgIpc) is 2.42. The molecule has 5 nitrogen and oxygen atoms in total. The first kappa shape index (κ1) is 16.7. The summed E-state index contributed by atoms with van der Waals surface area (Å²) in [6.07, 6.45) is 0. The van der Waals surface area contributed by atoms with Gasteiger partial charge in [0.25, 0.3) is 5.91 Å². The molecule has 0 saturated carbocycles. The zero-order valence-corrected chi connectivity index (χ0v) is 13.1. The molecular formula is C13H17Cl2N3O2. The van der Waals surface area contributed by atoms with E-state index in [0.717, 1.165) is 0 Å². The van der Waals surface area contributed by atoms with Gasteiger partial charge in [-0.15, -0.1) is 0 Å². The van der Waals surface area contributed by atoms with Crippen molar-refractivity contribution in [2.45, 2.75) is 26.8 Å². The van der Waals surface area contributed by atoms with Crippen molar-refractivity contribution in [2.24, 2.45) is 0 Å². The van der Waals surface area contributed by atoms with Crippen LogP contribution in [0.2, 0.25) is 10.2 Å². The van der Waals surface area contributed by atoms with Gasteiger partial charge in [-0.05, 0) is 32.9 Å². The number of carbonyl (C=O) groups is 2. The second kappa shape index (κ2) is 7.45. The molecule has 0 aliphatic heterocycles. The Hall–Kier alpha value is -1.33. The third-order valence-electron chi connectivity index (χ3n) is 2.82. The zero-order valence-electron chi connectivity index (χ0n) is 11.6. The lowest BCUT2D eigenvalue weighted by Gasteiger charge is -2.23. The Labute approximate surface area is 128 Å². The van der Waals surface area contributed by atoms with Gasteiger partial charge in [-0.3, -0.25) is 9.59 Å². The molecule has 2 amide bonds. The minimum atomic E-state index is -0.653. The molecule has 0 saturated heterocycles. The van der Waals surface area contributed by atoms with Gasteiger partial charge in [0.1, 0.15) is 16.9 Å². The van der Waals surface area contributed by atoms with E-state index >= 15 is 0 Å². The zero-order chi connectivity index (χ0) is 15.3. The number of nitrogens with one attached hydrogen (secondary N) is 1. The molecule has 110 valence electrons. The molecule has 1 heterocycles.